The maximum atomic E-state index is 3.60. The van der Waals surface area contributed by atoms with Gasteiger partial charge in [-0.1, -0.05) is 15.9 Å². The van der Waals surface area contributed by atoms with Crippen LogP contribution in [0.3, 0.4) is 0 Å². The molecule has 1 N–H and O–H groups in total. The van der Waals surface area contributed by atoms with Crippen molar-refractivity contribution >= 4 is 21.6 Å². The lowest BCUT2D eigenvalue weighted by molar-refractivity contribution is 0.492. The fourth-order valence-corrected chi connectivity index (χ4v) is 2.54. The van der Waals surface area contributed by atoms with E-state index in [1.807, 2.05) is 0 Å². The third-order valence-corrected chi connectivity index (χ3v) is 3.62. The second-order valence-corrected chi connectivity index (χ2v) is 5.60. The molecule has 2 atom stereocenters. The molecule has 88 valence electrons. The third kappa shape index (κ3) is 2.98. The van der Waals surface area contributed by atoms with Crippen molar-refractivity contribution in [2.24, 2.45) is 0 Å². The molecule has 16 heavy (non-hydrogen) atoms. The van der Waals surface area contributed by atoms with Gasteiger partial charge in [-0.25, -0.2) is 0 Å². The molecule has 1 aliphatic rings. The standard InChI is InChI=1S/C13H19BrN2/c1-10-7-8-16(9-11(2)15-10)13-5-3-12(14)4-6-13/h3-6,10-11,15H,7-9H2,1-2H3. The first-order chi connectivity index (χ1) is 7.65. The van der Waals surface area contributed by atoms with Crippen LogP contribution in [-0.4, -0.2) is 25.2 Å². The van der Waals surface area contributed by atoms with Crippen molar-refractivity contribution < 1.29 is 0 Å². The van der Waals surface area contributed by atoms with Gasteiger partial charge in [-0.3, -0.25) is 0 Å². The summed E-state index contributed by atoms with van der Waals surface area (Å²) < 4.78 is 1.14. The summed E-state index contributed by atoms with van der Waals surface area (Å²) in [6.07, 6.45) is 1.21. The van der Waals surface area contributed by atoms with E-state index in [-0.39, 0.29) is 0 Å². The first kappa shape index (κ1) is 11.9. The summed E-state index contributed by atoms with van der Waals surface area (Å²) >= 11 is 3.48. The van der Waals surface area contributed by atoms with Crippen LogP contribution in [0.2, 0.25) is 0 Å². The fourth-order valence-electron chi connectivity index (χ4n) is 2.28. The molecule has 0 aromatic heterocycles. The lowest BCUT2D eigenvalue weighted by Crippen LogP contribution is -2.37. The molecule has 1 aliphatic heterocycles. The van der Waals surface area contributed by atoms with E-state index < -0.39 is 0 Å². The predicted molar refractivity (Wildman–Crippen MR) is 73.0 cm³/mol. The van der Waals surface area contributed by atoms with E-state index in [2.05, 4.69) is 64.3 Å². The second kappa shape index (κ2) is 5.19. The number of benzene rings is 1. The van der Waals surface area contributed by atoms with E-state index in [4.69, 9.17) is 0 Å². The van der Waals surface area contributed by atoms with E-state index in [1.54, 1.807) is 0 Å². The number of anilines is 1. The topological polar surface area (TPSA) is 15.3 Å². The molecule has 2 nitrogen and oxygen atoms in total. The summed E-state index contributed by atoms with van der Waals surface area (Å²) in [5.74, 6) is 0. The molecule has 0 spiro atoms. The molecule has 0 bridgehead atoms. The Hall–Kier alpha value is -0.540. The number of nitrogens with one attached hydrogen (secondary N) is 1. The largest absolute Gasteiger partial charge is 0.370 e. The highest BCUT2D eigenvalue weighted by molar-refractivity contribution is 9.10. The van der Waals surface area contributed by atoms with Crippen LogP contribution in [0, 0.1) is 0 Å². The lowest BCUT2D eigenvalue weighted by atomic mass is 10.2. The maximum absolute atomic E-state index is 3.60. The number of hydrogen-bond acceptors (Lipinski definition) is 2. The van der Waals surface area contributed by atoms with Crippen molar-refractivity contribution in [3.63, 3.8) is 0 Å². The van der Waals surface area contributed by atoms with Gasteiger partial charge in [-0.05, 0) is 44.5 Å². The van der Waals surface area contributed by atoms with Crippen molar-refractivity contribution in [2.45, 2.75) is 32.4 Å². The molecule has 2 unspecified atom stereocenters. The van der Waals surface area contributed by atoms with Gasteiger partial charge in [-0.2, -0.15) is 0 Å². The van der Waals surface area contributed by atoms with Gasteiger partial charge in [0, 0.05) is 35.3 Å². The second-order valence-electron chi connectivity index (χ2n) is 4.68. The van der Waals surface area contributed by atoms with E-state index in [9.17, 15) is 0 Å². The lowest BCUT2D eigenvalue weighted by Gasteiger charge is -2.24. The van der Waals surface area contributed by atoms with E-state index in [0.29, 0.717) is 12.1 Å². The summed E-state index contributed by atoms with van der Waals surface area (Å²) in [4.78, 5) is 2.47. The molecule has 1 fully saturated rings. The molecule has 2 rings (SSSR count). The number of nitrogens with zero attached hydrogens (tertiary/aromatic N) is 1. The average Bonchev–Trinajstić information content (AvgIpc) is 2.41. The minimum Gasteiger partial charge on any atom is -0.370 e. The highest BCUT2D eigenvalue weighted by atomic mass is 79.9. The first-order valence-electron chi connectivity index (χ1n) is 5.91. The van der Waals surface area contributed by atoms with Crippen molar-refractivity contribution in [1.82, 2.24) is 5.32 Å². The van der Waals surface area contributed by atoms with Crippen LogP contribution in [0.25, 0.3) is 0 Å². The van der Waals surface area contributed by atoms with Gasteiger partial charge < -0.3 is 10.2 Å². The molecule has 1 heterocycles. The fraction of sp³-hybridized carbons (Fsp3) is 0.538. The highest BCUT2D eigenvalue weighted by Crippen LogP contribution is 2.20. The molecule has 0 radical (unpaired) electrons. The summed E-state index contributed by atoms with van der Waals surface area (Å²) in [6, 6.07) is 9.78. The van der Waals surface area contributed by atoms with Crippen LogP contribution >= 0.6 is 15.9 Å². The Bertz CT molecular complexity index is 336. The van der Waals surface area contributed by atoms with Gasteiger partial charge in [0.05, 0.1) is 0 Å². The number of rotatable bonds is 1. The average molecular weight is 283 g/mol. The van der Waals surface area contributed by atoms with Gasteiger partial charge in [0.1, 0.15) is 0 Å². The Morgan fingerprint density at radius 3 is 2.56 bits per heavy atom. The molecular weight excluding hydrogens is 264 g/mol. The van der Waals surface area contributed by atoms with Gasteiger partial charge in [0.25, 0.3) is 0 Å². The van der Waals surface area contributed by atoms with Gasteiger partial charge >= 0.3 is 0 Å². The van der Waals surface area contributed by atoms with E-state index >= 15 is 0 Å². The molecule has 0 amide bonds. The van der Waals surface area contributed by atoms with Crippen molar-refractivity contribution in [3.8, 4) is 0 Å². The smallest absolute Gasteiger partial charge is 0.0367 e. The SMILES string of the molecule is CC1CCN(c2ccc(Br)cc2)CC(C)N1. The Morgan fingerprint density at radius 1 is 1.19 bits per heavy atom. The summed E-state index contributed by atoms with van der Waals surface area (Å²) in [5.41, 5.74) is 1.32. The van der Waals surface area contributed by atoms with Crippen LogP contribution in [0.5, 0.6) is 0 Å². The van der Waals surface area contributed by atoms with Crippen LogP contribution < -0.4 is 10.2 Å². The number of hydrogen-bond donors (Lipinski definition) is 1. The molecule has 1 aromatic carbocycles. The van der Waals surface area contributed by atoms with Gasteiger partial charge in [-0.15, -0.1) is 0 Å². The van der Waals surface area contributed by atoms with Crippen molar-refractivity contribution in [1.29, 1.82) is 0 Å². The van der Waals surface area contributed by atoms with Crippen LogP contribution in [0.15, 0.2) is 28.7 Å². The van der Waals surface area contributed by atoms with Crippen LogP contribution in [-0.2, 0) is 0 Å². The quantitative estimate of drug-likeness (QED) is 0.852. The van der Waals surface area contributed by atoms with Crippen molar-refractivity contribution in [2.75, 3.05) is 18.0 Å². The molecule has 0 aliphatic carbocycles. The zero-order valence-electron chi connectivity index (χ0n) is 9.91. The molecular formula is C13H19BrN2. The predicted octanol–water partition coefficient (Wildman–Crippen LogP) is 3.03. The highest BCUT2D eigenvalue weighted by Gasteiger charge is 2.18. The Kier molecular flexibility index (Phi) is 3.87. The Morgan fingerprint density at radius 2 is 1.88 bits per heavy atom. The monoisotopic (exact) mass is 282 g/mol. The maximum Gasteiger partial charge on any atom is 0.0367 e. The Labute approximate surface area is 106 Å². The molecule has 1 aromatic rings. The molecule has 1 saturated heterocycles. The van der Waals surface area contributed by atoms with Crippen LogP contribution in [0.1, 0.15) is 20.3 Å². The summed E-state index contributed by atoms with van der Waals surface area (Å²) in [7, 11) is 0. The first-order valence-corrected chi connectivity index (χ1v) is 6.71. The van der Waals surface area contributed by atoms with Gasteiger partial charge in [0.2, 0.25) is 0 Å². The zero-order valence-corrected chi connectivity index (χ0v) is 11.5. The molecule has 0 saturated carbocycles. The minimum atomic E-state index is 0.557. The zero-order chi connectivity index (χ0) is 11.5. The Balaban J connectivity index is 2.11. The summed E-state index contributed by atoms with van der Waals surface area (Å²) in [5, 5.41) is 3.60. The van der Waals surface area contributed by atoms with E-state index in [0.717, 1.165) is 17.6 Å². The summed E-state index contributed by atoms with van der Waals surface area (Å²) in [6.45, 7) is 6.75. The molecule has 3 heteroatoms. The van der Waals surface area contributed by atoms with Crippen LogP contribution in [0.4, 0.5) is 5.69 Å². The van der Waals surface area contributed by atoms with Gasteiger partial charge in [0.15, 0.2) is 0 Å². The normalized spacial score (nSPS) is 26.6. The number of halogens is 1. The van der Waals surface area contributed by atoms with E-state index in [1.165, 1.54) is 12.1 Å². The minimum absolute atomic E-state index is 0.557. The third-order valence-electron chi connectivity index (χ3n) is 3.09. The van der Waals surface area contributed by atoms with Crippen molar-refractivity contribution in [3.05, 3.63) is 28.7 Å².